The zero-order chi connectivity index (χ0) is 17.8. The number of carbonyl (C=O) groups excluding carboxylic acids is 1. The number of aryl methyl sites for hydroxylation is 1. The van der Waals surface area contributed by atoms with E-state index in [0.717, 1.165) is 43.9 Å². The first-order valence-electron chi connectivity index (χ1n) is 9.56. The fourth-order valence-electron chi connectivity index (χ4n) is 4.13. The predicted octanol–water partition coefficient (Wildman–Crippen LogP) is 4.45. The van der Waals surface area contributed by atoms with Gasteiger partial charge >= 0.3 is 6.03 Å². The highest BCUT2D eigenvalue weighted by Gasteiger charge is 2.26. The molecule has 2 amide bonds. The molecule has 1 heterocycles. The summed E-state index contributed by atoms with van der Waals surface area (Å²) in [6.45, 7) is 4.89. The van der Waals surface area contributed by atoms with E-state index in [0.29, 0.717) is 12.0 Å². The van der Waals surface area contributed by atoms with E-state index in [-0.39, 0.29) is 6.03 Å². The Kier molecular flexibility index (Phi) is 6.10. The van der Waals surface area contributed by atoms with Gasteiger partial charge in [0.25, 0.3) is 0 Å². The second-order valence-corrected chi connectivity index (χ2v) is 8.06. The Hall–Kier alpha value is -1.42. The van der Waals surface area contributed by atoms with Gasteiger partial charge < -0.3 is 15.1 Å². The number of urea groups is 1. The highest BCUT2D eigenvalue weighted by molar-refractivity contribution is 6.30. The van der Waals surface area contributed by atoms with Crippen LogP contribution in [0.5, 0.6) is 0 Å². The molecule has 25 heavy (non-hydrogen) atoms. The van der Waals surface area contributed by atoms with Crippen molar-refractivity contribution in [3.8, 4) is 0 Å². The van der Waals surface area contributed by atoms with Gasteiger partial charge in [0.1, 0.15) is 0 Å². The minimum atomic E-state index is 0.0873. The molecule has 1 saturated heterocycles. The second-order valence-electron chi connectivity index (χ2n) is 7.62. The van der Waals surface area contributed by atoms with Gasteiger partial charge in [-0.25, -0.2) is 4.79 Å². The first kappa shape index (κ1) is 18.4. The summed E-state index contributed by atoms with van der Waals surface area (Å²) in [5.74, 6) is 0.502. The Morgan fingerprint density at radius 1 is 1.28 bits per heavy atom. The minimum absolute atomic E-state index is 0.0873. The van der Waals surface area contributed by atoms with Crippen LogP contribution in [-0.4, -0.2) is 43.7 Å². The average Bonchev–Trinajstić information content (AvgIpc) is 3.10. The van der Waals surface area contributed by atoms with E-state index in [4.69, 9.17) is 11.6 Å². The highest BCUT2D eigenvalue weighted by Crippen LogP contribution is 2.29. The highest BCUT2D eigenvalue weighted by atomic mass is 35.5. The van der Waals surface area contributed by atoms with Crippen LogP contribution < -0.4 is 10.2 Å². The molecular formula is C20H30ClN3O. The van der Waals surface area contributed by atoms with Crippen molar-refractivity contribution < 1.29 is 4.79 Å². The number of anilines is 1. The molecule has 1 atom stereocenters. The molecule has 0 bridgehead atoms. The average molecular weight is 364 g/mol. The van der Waals surface area contributed by atoms with Gasteiger partial charge in [-0.15, -0.1) is 0 Å². The molecule has 0 spiro atoms. The molecule has 0 unspecified atom stereocenters. The molecule has 5 heteroatoms. The lowest BCUT2D eigenvalue weighted by Gasteiger charge is -2.31. The zero-order valence-corrected chi connectivity index (χ0v) is 16.2. The maximum absolute atomic E-state index is 12.4. The van der Waals surface area contributed by atoms with E-state index in [1.165, 1.54) is 30.5 Å². The van der Waals surface area contributed by atoms with E-state index < -0.39 is 0 Å². The van der Waals surface area contributed by atoms with Crippen molar-refractivity contribution in [2.75, 3.05) is 31.6 Å². The fourth-order valence-corrected chi connectivity index (χ4v) is 4.30. The number of nitrogens with one attached hydrogen (secondary N) is 1. The van der Waals surface area contributed by atoms with Crippen LogP contribution in [0.2, 0.25) is 5.02 Å². The lowest BCUT2D eigenvalue weighted by molar-refractivity contribution is 0.172. The molecule has 3 rings (SSSR count). The Labute approximate surface area is 156 Å². The van der Waals surface area contributed by atoms with Gasteiger partial charge in [0.05, 0.1) is 0 Å². The summed E-state index contributed by atoms with van der Waals surface area (Å²) in [4.78, 5) is 16.7. The van der Waals surface area contributed by atoms with Gasteiger partial charge in [0, 0.05) is 43.4 Å². The maximum atomic E-state index is 12.4. The molecule has 1 N–H and O–H groups in total. The molecule has 138 valence electrons. The number of hydrogen-bond acceptors (Lipinski definition) is 2. The van der Waals surface area contributed by atoms with Crippen LogP contribution in [0.15, 0.2) is 18.2 Å². The predicted molar refractivity (Wildman–Crippen MR) is 105 cm³/mol. The Morgan fingerprint density at radius 2 is 2.04 bits per heavy atom. The van der Waals surface area contributed by atoms with E-state index in [1.807, 2.05) is 18.0 Å². The van der Waals surface area contributed by atoms with Gasteiger partial charge in [-0.2, -0.15) is 0 Å². The second kappa shape index (κ2) is 8.31. The lowest BCUT2D eigenvalue weighted by Crippen LogP contribution is -2.45. The number of nitrogens with zero attached hydrogens (tertiary/aromatic N) is 2. The van der Waals surface area contributed by atoms with E-state index in [9.17, 15) is 4.79 Å². The summed E-state index contributed by atoms with van der Waals surface area (Å²) in [5, 5.41) is 3.94. The van der Waals surface area contributed by atoms with Gasteiger partial charge in [0.15, 0.2) is 0 Å². The maximum Gasteiger partial charge on any atom is 0.317 e. The Morgan fingerprint density at radius 3 is 2.80 bits per heavy atom. The van der Waals surface area contributed by atoms with Crippen molar-refractivity contribution >= 4 is 23.3 Å². The molecule has 1 aliphatic carbocycles. The van der Waals surface area contributed by atoms with Crippen LogP contribution >= 0.6 is 11.6 Å². The van der Waals surface area contributed by atoms with Crippen molar-refractivity contribution in [1.29, 1.82) is 0 Å². The van der Waals surface area contributed by atoms with Crippen molar-refractivity contribution in [3.05, 3.63) is 28.8 Å². The van der Waals surface area contributed by atoms with E-state index >= 15 is 0 Å². The molecule has 1 aliphatic heterocycles. The first-order valence-corrected chi connectivity index (χ1v) is 9.94. The molecule has 1 aromatic carbocycles. The molecular weight excluding hydrogens is 334 g/mol. The molecule has 0 aromatic heterocycles. The number of halogens is 1. The Bertz CT molecular complexity index is 601. The number of benzene rings is 1. The number of amides is 2. The van der Waals surface area contributed by atoms with Crippen molar-refractivity contribution in [3.63, 3.8) is 0 Å². The summed E-state index contributed by atoms with van der Waals surface area (Å²) in [6, 6.07) is 6.57. The number of hydrogen-bond donors (Lipinski definition) is 1. The third kappa shape index (κ3) is 4.60. The lowest BCUT2D eigenvalue weighted by atomic mass is 9.95. The normalized spacial score (nSPS) is 21.4. The van der Waals surface area contributed by atoms with Gasteiger partial charge in [-0.3, -0.25) is 0 Å². The van der Waals surface area contributed by atoms with E-state index in [1.54, 1.807) is 0 Å². The van der Waals surface area contributed by atoms with Crippen molar-refractivity contribution in [1.82, 2.24) is 10.2 Å². The third-order valence-corrected chi connectivity index (χ3v) is 6.02. The zero-order valence-electron chi connectivity index (χ0n) is 15.4. The van der Waals surface area contributed by atoms with Crippen molar-refractivity contribution in [2.45, 2.75) is 51.5 Å². The van der Waals surface area contributed by atoms with Gasteiger partial charge in [-0.1, -0.05) is 36.9 Å². The summed E-state index contributed by atoms with van der Waals surface area (Å²) in [6.07, 6.45) is 7.22. The summed E-state index contributed by atoms with van der Waals surface area (Å²) < 4.78 is 0. The quantitative estimate of drug-likeness (QED) is 0.857. The van der Waals surface area contributed by atoms with Gasteiger partial charge in [0.2, 0.25) is 0 Å². The van der Waals surface area contributed by atoms with E-state index in [2.05, 4.69) is 29.3 Å². The number of rotatable bonds is 4. The molecule has 1 aromatic rings. The SMILES string of the molecule is Cc1ccc(Cl)cc1N1CC[C@H](CNC(=O)N(C)C2CCCCC2)C1. The van der Waals surface area contributed by atoms with Crippen molar-refractivity contribution in [2.24, 2.45) is 5.92 Å². The summed E-state index contributed by atoms with van der Waals surface area (Å²) in [7, 11) is 1.95. The molecule has 4 nitrogen and oxygen atoms in total. The monoisotopic (exact) mass is 363 g/mol. The standard InChI is InChI=1S/C20H30ClN3O/c1-15-8-9-17(21)12-19(15)24-11-10-16(14-24)13-22-20(25)23(2)18-6-4-3-5-7-18/h8-9,12,16,18H,3-7,10-11,13-14H2,1-2H3,(H,22,25)/t16-/m1/s1. The number of carbonyl (C=O) groups is 1. The first-order chi connectivity index (χ1) is 12.0. The molecule has 0 radical (unpaired) electrons. The molecule has 1 saturated carbocycles. The largest absolute Gasteiger partial charge is 0.371 e. The summed E-state index contributed by atoms with van der Waals surface area (Å²) >= 11 is 6.15. The van der Waals surface area contributed by atoms with Crippen LogP contribution in [0.25, 0.3) is 0 Å². The van der Waals surface area contributed by atoms with Crippen LogP contribution in [0, 0.1) is 12.8 Å². The summed E-state index contributed by atoms with van der Waals surface area (Å²) in [5.41, 5.74) is 2.48. The van der Waals surface area contributed by atoms with Crippen LogP contribution in [-0.2, 0) is 0 Å². The van der Waals surface area contributed by atoms with Crippen LogP contribution in [0.4, 0.5) is 10.5 Å². The van der Waals surface area contributed by atoms with Crippen LogP contribution in [0.1, 0.15) is 44.1 Å². The molecule has 2 fully saturated rings. The molecule has 2 aliphatic rings. The smallest absolute Gasteiger partial charge is 0.317 e. The fraction of sp³-hybridized carbons (Fsp3) is 0.650. The van der Waals surface area contributed by atoms with Crippen LogP contribution in [0.3, 0.4) is 0 Å². The third-order valence-electron chi connectivity index (χ3n) is 5.78. The minimum Gasteiger partial charge on any atom is -0.371 e. The topological polar surface area (TPSA) is 35.6 Å². The van der Waals surface area contributed by atoms with Gasteiger partial charge in [-0.05, 0) is 49.8 Å². The Balaban J connectivity index is 1.48.